The average Bonchev–Trinajstić information content (AvgIpc) is 3.40. The first-order valence-electron chi connectivity index (χ1n) is 10.3. The summed E-state index contributed by atoms with van der Waals surface area (Å²) in [6.07, 6.45) is 1.98. The highest BCUT2D eigenvalue weighted by Gasteiger charge is 2.16. The summed E-state index contributed by atoms with van der Waals surface area (Å²) in [7, 11) is 3.13. The highest BCUT2D eigenvalue weighted by atomic mass is 16.5. The van der Waals surface area contributed by atoms with Gasteiger partial charge in [-0.2, -0.15) is 14.5 Å². The van der Waals surface area contributed by atoms with Crippen LogP contribution in [0.15, 0.2) is 53.5 Å². The van der Waals surface area contributed by atoms with Gasteiger partial charge in [0.25, 0.3) is 0 Å². The average molecular weight is 435 g/mol. The van der Waals surface area contributed by atoms with Gasteiger partial charge in [-0.3, -0.25) is 4.68 Å². The number of benzene rings is 2. The normalized spacial score (nSPS) is 11.2. The molecule has 0 amide bonds. The molecule has 0 saturated heterocycles. The number of rotatable bonds is 7. The van der Waals surface area contributed by atoms with Crippen LogP contribution in [0.2, 0.25) is 0 Å². The molecule has 4 rings (SSSR count). The number of nitrogens with zero attached hydrogens (tertiary/aromatic N) is 6. The summed E-state index contributed by atoms with van der Waals surface area (Å²) in [6.45, 7) is 6.39. The summed E-state index contributed by atoms with van der Waals surface area (Å²) in [5.74, 6) is 1.34. The minimum atomic E-state index is -0.346. The number of methoxy groups -OCH3 is 1. The van der Waals surface area contributed by atoms with Gasteiger partial charge in [0.15, 0.2) is 0 Å². The lowest BCUT2D eigenvalue weighted by atomic mass is 10.1. The molecule has 9 nitrogen and oxygen atoms in total. The zero-order chi connectivity index (χ0) is 22.8. The molecule has 0 radical (unpaired) electrons. The molecule has 0 unspecified atom stereocenters. The second kappa shape index (κ2) is 8.70. The highest BCUT2D eigenvalue weighted by molar-refractivity contribution is 5.61. The largest absolute Gasteiger partial charge is 0.496 e. The number of hydrogen-bond donors (Lipinski definition) is 0. The third-order valence-electron chi connectivity index (χ3n) is 5.26. The van der Waals surface area contributed by atoms with Crippen molar-refractivity contribution in [3.8, 4) is 28.4 Å². The molecule has 2 heterocycles. The van der Waals surface area contributed by atoms with E-state index in [0.29, 0.717) is 23.0 Å². The van der Waals surface area contributed by atoms with Crippen LogP contribution in [-0.4, -0.2) is 36.7 Å². The molecule has 0 saturated carbocycles. The van der Waals surface area contributed by atoms with E-state index in [1.807, 2.05) is 42.1 Å². The maximum absolute atomic E-state index is 12.4. The second-order valence-corrected chi connectivity index (χ2v) is 7.80. The van der Waals surface area contributed by atoms with E-state index in [1.165, 1.54) is 9.36 Å². The van der Waals surface area contributed by atoms with Crippen LogP contribution in [0, 0.1) is 6.92 Å². The van der Waals surface area contributed by atoms with E-state index in [1.54, 1.807) is 26.3 Å². The van der Waals surface area contributed by atoms with Gasteiger partial charge in [0, 0.05) is 24.8 Å². The van der Waals surface area contributed by atoms with Crippen LogP contribution < -0.4 is 15.2 Å². The summed E-state index contributed by atoms with van der Waals surface area (Å²) in [6, 6.07) is 13.7. The van der Waals surface area contributed by atoms with Crippen LogP contribution in [-0.2, 0) is 13.7 Å². The van der Waals surface area contributed by atoms with Crippen molar-refractivity contribution in [2.45, 2.75) is 33.4 Å². The van der Waals surface area contributed by atoms with Gasteiger partial charge in [-0.05, 0) is 73.2 Å². The Balaban J connectivity index is 1.61. The van der Waals surface area contributed by atoms with E-state index in [-0.39, 0.29) is 12.3 Å². The molecule has 0 aliphatic rings. The van der Waals surface area contributed by atoms with Crippen molar-refractivity contribution in [2.24, 2.45) is 7.05 Å². The van der Waals surface area contributed by atoms with E-state index in [2.05, 4.69) is 35.4 Å². The van der Waals surface area contributed by atoms with Crippen LogP contribution in [0.3, 0.4) is 0 Å². The first-order chi connectivity index (χ1) is 15.4. The molecule has 166 valence electrons. The van der Waals surface area contributed by atoms with E-state index < -0.39 is 0 Å². The molecule has 0 aliphatic heterocycles. The molecule has 32 heavy (non-hydrogen) atoms. The van der Waals surface area contributed by atoms with Gasteiger partial charge < -0.3 is 9.47 Å². The minimum absolute atomic E-state index is 0.199. The first-order valence-corrected chi connectivity index (χ1v) is 10.3. The topological polar surface area (TPSA) is 89.0 Å². The molecule has 0 N–H and O–H groups in total. The second-order valence-electron chi connectivity index (χ2n) is 7.80. The zero-order valence-corrected chi connectivity index (χ0v) is 18.8. The lowest BCUT2D eigenvalue weighted by Crippen LogP contribution is -2.23. The number of ether oxygens (including phenoxy) is 2. The van der Waals surface area contributed by atoms with Crippen LogP contribution >= 0.6 is 0 Å². The summed E-state index contributed by atoms with van der Waals surface area (Å²) in [5.41, 5.74) is 3.85. The predicted molar refractivity (Wildman–Crippen MR) is 120 cm³/mol. The van der Waals surface area contributed by atoms with Crippen molar-refractivity contribution in [1.82, 2.24) is 29.6 Å². The quantitative estimate of drug-likeness (QED) is 0.443. The van der Waals surface area contributed by atoms with Crippen molar-refractivity contribution in [1.29, 1.82) is 0 Å². The van der Waals surface area contributed by atoms with E-state index in [4.69, 9.17) is 9.47 Å². The van der Waals surface area contributed by atoms with Crippen molar-refractivity contribution in [3.63, 3.8) is 0 Å². The Morgan fingerprint density at radius 3 is 2.50 bits per heavy atom. The molecule has 0 atom stereocenters. The van der Waals surface area contributed by atoms with Gasteiger partial charge in [0.1, 0.15) is 18.1 Å². The summed E-state index contributed by atoms with van der Waals surface area (Å²) >= 11 is 0. The molecular weight excluding hydrogens is 408 g/mol. The standard InChI is InChI=1S/C23H26N6O3/c1-15(2)28-12-11-19(24-28)17-9-10-21(16(3)13-17)32-14-18-20(7-6-8-22(18)31-5)29-23(30)27(4)25-26-29/h6-13,15H,14H2,1-5H3. The summed E-state index contributed by atoms with van der Waals surface area (Å²) in [4.78, 5) is 12.4. The van der Waals surface area contributed by atoms with Gasteiger partial charge in [-0.1, -0.05) is 6.07 Å². The lowest BCUT2D eigenvalue weighted by molar-refractivity contribution is 0.294. The number of aromatic nitrogens is 6. The molecule has 0 aliphatic carbocycles. The van der Waals surface area contributed by atoms with Crippen LogP contribution in [0.4, 0.5) is 0 Å². The SMILES string of the molecule is COc1cccc(-n2nnn(C)c2=O)c1COc1ccc(-c2ccn(C(C)C)n2)cc1C. The number of tetrazole rings is 1. The number of aryl methyl sites for hydroxylation is 2. The first kappa shape index (κ1) is 21.4. The Labute approximate surface area is 185 Å². The smallest absolute Gasteiger partial charge is 0.368 e. The molecule has 2 aromatic heterocycles. The fraction of sp³-hybridized carbons (Fsp3) is 0.304. The van der Waals surface area contributed by atoms with Crippen LogP contribution in [0.1, 0.15) is 31.0 Å². The Bertz CT molecular complexity index is 1300. The maximum Gasteiger partial charge on any atom is 0.368 e. The van der Waals surface area contributed by atoms with Crippen molar-refractivity contribution in [2.75, 3.05) is 7.11 Å². The molecule has 0 fully saturated rings. The Kier molecular flexibility index (Phi) is 5.81. The van der Waals surface area contributed by atoms with Gasteiger partial charge in [-0.25, -0.2) is 4.79 Å². The molecule has 0 bridgehead atoms. The van der Waals surface area contributed by atoms with Crippen molar-refractivity contribution in [3.05, 3.63) is 70.3 Å². The van der Waals surface area contributed by atoms with Gasteiger partial charge in [0.05, 0.1) is 24.1 Å². The zero-order valence-electron chi connectivity index (χ0n) is 18.8. The minimum Gasteiger partial charge on any atom is -0.496 e. The monoisotopic (exact) mass is 434 g/mol. The molecule has 9 heteroatoms. The summed E-state index contributed by atoms with van der Waals surface area (Å²) < 4.78 is 16.0. The van der Waals surface area contributed by atoms with Gasteiger partial charge in [0.2, 0.25) is 0 Å². The van der Waals surface area contributed by atoms with E-state index >= 15 is 0 Å². The third kappa shape index (κ3) is 4.01. The third-order valence-corrected chi connectivity index (χ3v) is 5.26. The van der Waals surface area contributed by atoms with Gasteiger partial charge in [-0.15, -0.1) is 0 Å². The van der Waals surface area contributed by atoms with Crippen LogP contribution in [0.25, 0.3) is 16.9 Å². The fourth-order valence-electron chi connectivity index (χ4n) is 3.45. The lowest BCUT2D eigenvalue weighted by Gasteiger charge is -2.15. The Morgan fingerprint density at radius 2 is 1.88 bits per heavy atom. The van der Waals surface area contributed by atoms with Gasteiger partial charge >= 0.3 is 5.69 Å². The molecule has 2 aromatic carbocycles. The van der Waals surface area contributed by atoms with E-state index in [9.17, 15) is 4.79 Å². The molecule has 0 spiro atoms. The fourth-order valence-corrected chi connectivity index (χ4v) is 3.45. The summed E-state index contributed by atoms with van der Waals surface area (Å²) in [5, 5.41) is 12.4. The van der Waals surface area contributed by atoms with Crippen molar-refractivity contribution >= 4 is 0 Å². The van der Waals surface area contributed by atoms with Crippen LogP contribution in [0.5, 0.6) is 11.5 Å². The number of hydrogen-bond acceptors (Lipinski definition) is 6. The Morgan fingerprint density at radius 1 is 1.06 bits per heavy atom. The molecular formula is C23H26N6O3. The highest BCUT2D eigenvalue weighted by Crippen LogP contribution is 2.29. The predicted octanol–water partition coefficient (Wildman–Crippen LogP) is 3.31. The molecule has 4 aromatic rings. The Hall–Kier alpha value is -3.88. The van der Waals surface area contributed by atoms with E-state index in [0.717, 1.165) is 22.6 Å². The van der Waals surface area contributed by atoms with Crippen molar-refractivity contribution < 1.29 is 9.47 Å². The maximum atomic E-state index is 12.4.